The summed E-state index contributed by atoms with van der Waals surface area (Å²) in [5.41, 5.74) is 2.67. The van der Waals surface area contributed by atoms with Crippen molar-refractivity contribution in [2.75, 3.05) is 11.1 Å². The molecule has 0 atom stereocenters. The van der Waals surface area contributed by atoms with Gasteiger partial charge in [0.05, 0.1) is 12.3 Å². The predicted octanol–water partition coefficient (Wildman–Crippen LogP) is 3.18. The average molecular weight is 428 g/mol. The first-order valence-corrected chi connectivity index (χ1v) is 10.4. The molecule has 1 N–H and O–H groups in total. The van der Waals surface area contributed by atoms with Crippen LogP contribution in [0.5, 0.6) is 0 Å². The first-order valence-electron chi connectivity index (χ1n) is 9.40. The van der Waals surface area contributed by atoms with Crippen LogP contribution in [0.4, 0.5) is 14.5 Å². The van der Waals surface area contributed by atoms with E-state index < -0.39 is 11.6 Å². The Labute approximate surface area is 175 Å². The minimum absolute atomic E-state index is 0.00446. The summed E-state index contributed by atoms with van der Waals surface area (Å²) in [6.07, 6.45) is 5.89. The van der Waals surface area contributed by atoms with Gasteiger partial charge in [-0.1, -0.05) is 17.8 Å². The second kappa shape index (κ2) is 8.74. The fourth-order valence-corrected chi connectivity index (χ4v) is 4.32. The standard InChI is InChI=1S/C21H18F2N4O2S/c22-16-7-6-14(9-17(16)23)25-19(28)12-30-20-15-4-1-5-18(15)27(21(29)26-20)11-13-3-2-8-24-10-13/h2-3,6-10H,1,4-5,11-12H2,(H,25,28). The van der Waals surface area contributed by atoms with Crippen molar-refractivity contribution in [1.82, 2.24) is 14.5 Å². The number of carbonyl (C=O) groups excluding carboxylic acids is 1. The van der Waals surface area contributed by atoms with Gasteiger partial charge in [0, 0.05) is 35.4 Å². The lowest BCUT2D eigenvalue weighted by Gasteiger charge is -2.14. The Kier molecular flexibility index (Phi) is 5.89. The van der Waals surface area contributed by atoms with E-state index in [0.717, 1.165) is 48.2 Å². The molecule has 1 amide bonds. The van der Waals surface area contributed by atoms with E-state index in [-0.39, 0.29) is 23.0 Å². The molecule has 0 bridgehead atoms. The number of rotatable bonds is 6. The molecule has 2 aromatic heterocycles. The highest BCUT2D eigenvalue weighted by Crippen LogP contribution is 2.29. The van der Waals surface area contributed by atoms with Crippen molar-refractivity contribution in [3.05, 3.63) is 81.7 Å². The van der Waals surface area contributed by atoms with Gasteiger partial charge >= 0.3 is 5.69 Å². The summed E-state index contributed by atoms with van der Waals surface area (Å²) in [6, 6.07) is 6.90. The lowest BCUT2D eigenvalue weighted by Crippen LogP contribution is -2.28. The van der Waals surface area contributed by atoms with Crippen LogP contribution in [0, 0.1) is 11.6 Å². The largest absolute Gasteiger partial charge is 0.349 e. The van der Waals surface area contributed by atoms with Crippen LogP contribution in [0.25, 0.3) is 0 Å². The number of anilines is 1. The van der Waals surface area contributed by atoms with Crippen molar-refractivity contribution >= 4 is 23.4 Å². The fraction of sp³-hybridized carbons (Fsp3) is 0.238. The molecule has 0 radical (unpaired) electrons. The van der Waals surface area contributed by atoms with E-state index in [4.69, 9.17) is 0 Å². The van der Waals surface area contributed by atoms with E-state index >= 15 is 0 Å². The Hall–Kier alpha value is -3.07. The van der Waals surface area contributed by atoms with E-state index in [9.17, 15) is 18.4 Å². The predicted molar refractivity (Wildman–Crippen MR) is 110 cm³/mol. The normalized spacial score (nSPS) is 12.6. The number of thioether (sulfide) groups is 1. The van der Waals surface area contributed by atoms with Gasteiger partial charge in [-0.25, -0.2) is 13.6 Å². The molecule has 9 heteroatoms. The van der Waals surface area contributed by atoms with Gasteiger partial charge < -0.3 is 5.32 Å². The number of halogens is 2. The van der Waals surface area contributed by atoms with Crippen LogP contribution in [-0.2, 0) is 24.2 Å². The zero-order valence-electron chi connectivity index (χ0n) is 15.9. The molecule has 154 valence electrons. The molecule has 0 fully saturated rings. The number of benzene rings is 1. The van der Waals surface area contributed by atoms with Crippen molar-refractivity contribution in [3.8, 4) is 0 Å². The van der Waals surface area contributed by atoms with Gasteiger partial charge in [-0.2, -0.15) is 4.98 Å². The molecule has 6 nitrogen and oxygen atoms in total. The van der Waals surface area contributed by atoms with Crippen molar-refractivity contribution in [2.45, 2.75) is 30.8 Å². The maximum absolute atomic E-state index is 13.3. The highest BCUT2D eigenvalue weighted by molar-refractivity contribution is 8.00. The monoisotopic (exact) mass is 428 g/mol. The average Bonchev–Trinajstić information content (AvgIpc) is 3.22. The van der Waals surface area contributed by atoms with Crippen LogP contribution in [0.15, 0.2) is 52.5 Å². The van der Waals surface area contributed by atoms with Gasteiger partial charge in [0.15, 0.2) is 11.6 Å². The quantitative estimate of drug-likeness (QED) is 0.482. The summed E-state index contributed by atoms with van der Waals surface area (Å²) in [7, 11) is 0. The zero-order valence-corrected chi connectivity index (χ0v) is 16.7. The van der Waals surface area contributed by atoms with Gasteiger partial charge in [-0.3, -0.25) is 14.3 Å². The summed E-state index contributed by atoms with van der Waals surface area (Å²) in [5, 5.41) is 3.07. The molecule has 0 unspecified atom stereocenters. The first kappa shape index (κ1) is 20.2. The van der Waals surface area contributed by atoms with Crippen LogP contribution < -0.4 is 11.0 Å². The molecular formula is C21H18F2N4O2S. The Bertz CT molecular complexity index is 1150. The van der Waals surface area contributed by atoms with Gasteiger partial charge in [-0.05, 0) is 43.0 Å². The lowest BCUT2D eigenvalue weighted by molar-refractivity contribution is -0.113. The van der Waals surface area contributed by atoms with E-state index in [1.54, 1.807) is 17.0 Å². The van der Waals surface area contributed by atoms with Crippen molar-refractivity contribution < 1.29 is 13.6 Å². The minimum Gasteiger partial charge on any atom is -0.325 e. The second-order valence-corrected chi connectivity index (χ2v) is 7.86. The Morgan fingerprint density at radius 2 is 2.07 bits per heavy atom. The number of hydrogen-bond donors (Lipinski definition) is 1. The van der Waals surface area contributed by atoms with Crippen molar-refractivity contribution in [3.63, 3.8) is 0 Å². The Morgan fingerprint density at radius 1 is 1.20 bits per heavy atom. The number of pyridine rings is 1. The van der Waals surface area contributed by atoms with E-state index in [1.807, 2.05) is 12.1 Å². The van der Waals surface area contributed by atoms with Crippen LogP contribution in [-0.4, -0.2) is 26.2 Å². The summed E-state index contributed by atoms with van der Waals surface area (Å²) >= 11 is 1.17. The third kappa shape index (κ3) is 4.40. The summed E-state index contributed by atoms with van der Waals surface area (Å²) in [5.74, 6) is -2.39. The number of nitrogens with zero attached hydrogens (tertiary/aromatic N) is 3. The molecule has 4 rings (SSSR count). The number of amides is 1. The van der Waals surface area contributed by atoms with Crippen LogP contribution >= 0.6 is 11.8 Å². The minimum atomic E-state index is -1.03. The molecular weight excluding hydrogens is 410 g/mol. The smallest absolute Gasteiger partial charge is 0.325 e. The van der Waals surface area contributed by atoms with Crippen molar-refractivity contribution in [2.24, 2.45) is 0 Å². The molecule has 0 spiro atoms. The van der Waals surface area contributed by atoms with Crippen LogP contribution in [0.2, 0.25) is 0 Å². The van der Waals surface area contributed by atoms with Gasteiger partial charge in [0.1, 0.15) is 5.03 Å². The Morgan fingerprint density at radius 3 is 2.83 bits per heavy atom. The lowest BCUT2D eigenvalue weighted by atomic mass is 10.2. The summed E-state index contributed by atoms with van der Waals surface area (Å²) < 4.78 is 28.0. The fourth-order valence-electron chi connectivity index (χ4n) is 3.45. The first-order chi connectivity index (χ1) is 14.5. The van der Waals surface area contributed by atoms with E-state index in [2.05, 4.69) is 15.3 Å². The maximum Gasteiger partial charge on any atom is 0.349 e. The molecule has 1 aliphatic rings. The molecule has 0 saturated heterocycles. The van der Waals surface area contributed by atoms with Crippen LogP contribution in [0.3, 0.4) is 0 Å². The molecule has 0 aliphatic heterocycles. The van der Waals surface area contributed by atoms with E-state index in [1.165, 1.54) is 17.8 Å². The molecule has 1 aliphatic carbocycles. The number of hydrogen-bond acceptors (Lipinski definition) is 5. The van der Waals surface area contributed by atoms with Gasteiger partial charge in [0.25, 0.3) is 0 Å². The van der Waals surface area contributed by atoms with Gasteiger partial charge in [0.2, 0.25) is 5.91 Å². The molecule has 2 heterocycles. The Balaban J connectivity index is 1.49. The topological polar surface area (TPSA) is 76.9 Å². The third-order valence-electron chi connectivity index (χ3n) is 4.81. The third-order valence-corrected chi connectivity index (χ3v) is 5.83. The zero-order chi connectivity index (χ0) is 21.1. The molecule has 30 heavy (non-hydrogen) atoms. The summed E-state index contributed by atoms with van der Waals surface area (Å²) in [4.78, 5) is 33.2. The molecule has 1 aromatic carbocycles. The molecule has 3 aromatic rings. The van der Waals surface area contributed by atoms with Crippen LogP contribution in [0.1, 0.15) is 23.2 Å². The second-order valence-electron chi connectivity index (χ2n) is 6.89. The summed E-state index contributed by atoms with van der Waals surface area (Å²) in [6.45, 7) is 0.406. The highest BCUT2D eigenvalue weighted by atomic mass is 32.2. The maximum atomic E-state index is 13.3. The SMILES string of the molecule is O=C(CSc1nc(=O)n(Cc2cccnc2)c2c1CCC2)Nc1ccc(F)c(F)c1. The molecule has 0 saturated carbocycles. The van der Waals surface area contributed by atoms with E-state index in [0.29, 0.717) is 11.6 Å². The van der Waals surface area contributed by atoms with Crippen molar-refractivity contribution in [1.29, 1.82) is 0 Å². The highest BCUT2D eigenvalue weighted by Gasteiger charge is 2.22. The number of fused-ring (bicyclic) bond motifs is 1. The number of carbonyl (C=O) groups is 1. The number of aromatic nitrogens is 3. The van der Waals surface area contributed by atoms with Gasteiger partial charge in [-0.15, -0.1) is 0 Å². The number of nitrogens with one attached hydrogen (secondary N) is 1.